The summed E-state index contributed by atoms with van der Waals surface area (Å²) in [6, 6.07) is 0. The Morgan fingerprint density at radius 2 is 2.46 bits per heavy atom. The van der Waals surface area contributed by atoms with E-state index in [9.17, 15) is 5.11 Å². The molecule has 2 nitrogen and oxygen atoms in total. The molecule has 0 radical (unpaired) electrons. The lowest BCUT2D eigenvalue weighted by atomic mass is 10.3. The van der Waals surface area contributed by atoms with E-state index in [1.54, 1.807) is 11.3 Å². The van der Waals surface area contributed by atoms with Crippen molar-refractivity contribution in [2.24, 2.45) is 0 Å². The van der Waals surface area contributed by atoms with Crippen LogP contribution in [0.5, 0.6) is 0 Å². The molecule has 1 aliphatic heterocycles. The maximum Gasteiger partial charge on any atom is 0.0679 e. The maximum absolute atomic E-state index is 9.35. The Labute approximate surface area is 90.3 Å². The molecule has 1 aliphatic rings. The van der Waals surface area contributed by atoms with E-state index >= 15 is 0 Å². The molecule has 0 saturated carbocycles. The predicted octanol–water partition coefficient (Wildman–Crippen LogP) is 2.08. The van der Waals surface area contributed by atoms with Crippen LogP contribution in [-0.4, -0.2) is 29.2 Å². The Morgan fingerprint density at radius 3 is 3.00 bits per heavy atom. The van der Waals surface area contributed by atoms with Gasteiger partial charge in [-0.15, -0.1) is 0 Å². The van der Waals surface area contributed by atoms with Crippen molar-refractivity contribution in [2.75, 3.05) is 13.1 Å². The second-order valence-electron chi connectivity index (χ2n) is 3.42. The zero-order valence-corrected chi connectivity index (χ0v) is 9.64. The lowest BCUT2D eigenvalue weighted by Gasteiger charge is -2.13. The fourth-order valence-electron chi connectivity index (χ4n) is 1.62. The van der Waals surface area contributed by atoms with Crippen LogP contribution in [0.4, 0.5) is 0 Å². The number of aliphatic hydroxyl groups excluding tert-OH is 1. The largest absolute Gasteiger partial charge is 0.392 e. The van der Waals surface area contributed by atoms with Crippen LogP contribution in [0.25, 0.3) is 0 Å². The maximum atomic E-state index is 9.35. The van der Waals surface area contributed by atoms with Gasteiger partial charge in [-0.25, -0.2) is 0 Å². The second kappa shape index (κ2) is 4.09. The highest BCUT2D eigenvalue weighted by Crippen LogP contribution is 2.24. The first-order chi connectivity index (χ1) is 6.25. The van der Waals surface area contributed by atoms with E-state index in [-0.39, 0.29) is 6.10 Å². The molecule has 13 heavy (non-hydrogen) atoms. The minimum Gasteiger partial charge on any atom is -0.392 e. The molecule has 1 saturated heterocycles. The van der Waals surface area contributed by atoms with Gasteiger partial charge in [0.15, 0.2) is 0 Å². The molecule has 0 aliphatic carbocycles. The van der Waals surface area contributed by atoms with E-state index in [0.29, 0.717) is 0 Å². The van der Waals surface area contributed by atoms with Gasteiger partial charge in [0.05, 0.1) is 6.10 Å². The van der Waals surface area contributed by atoms with Crippen LogP contribution in [0.1, 0.15) is 12.0 Å². The molecule has 0 aromatic carbocycles. The van der Waals surface area contributed by atoms with E-state index in [0.717, 1.165) is 26.1 Å². The predicted molar refractivity (Wildman–Crippen MR) is 57.9 cm³/mol. The van der Waals surface area contributed by atoms with Crippen LogP contribution in [0, 0.1) is 0 Å². The van der Waals surface area contributed by atoms with Gasteiger partial charge in [0.2, 0.25) is 0 Å². The first-order valence-corrected chi connectivity index (χ1v) is 6.10. The number of hydrogen-bond acceptors (Lipinski definition) is 3. The van der Waals surface area contributed by atoms with E-state index in [1.165, 1.54) is 10.0 Å². The van der Waals surface area contributed by atoms with E-state index < -0.39 is 0 Å². The summed E-state index contributed by atoms with van der Waals surface area (Å²) < 4.78 is 1.19. The quantitative estimate of drug-likeness (QED) is 0.882. The number of thiophene rings is 1. The van der Waals surface area contributed by atoms with Crippen LogP contribution < -0.4 is 0 Å². The molecule has 2 rings (SSSR count). The first kappa shape index (κ1) is 9.65. The minimum absolute atomic E-state index is 0.114. The van der Waals surface area contributed by atoms with Crippen LogP contribution in [0.15, 0.2) is 15.2 Å². The summed E-state index contributed by atoms with van der Waals surface area (Å²) in [6.45, 7) is 2.80. The lowest BCUT2D eigenvalue weighted by Crippen LogP contribution is -2.21. The minimum atomic E-state index is -0.114. The number of aliphatic hydroxyl groups is 1. The van der Waals surface area contributed by atoms with Crippen molar-refractivity contribution >= 4 is 27.3 Å². The summed E-state index contributed by atoms with van der Waals surface area (Å²) in [5.41, 5.74) is 1.33. The highest BCUT2D eigenvalue weighted by Gasteiger charge is 2.20. The summed E-state index contributed by atoms with van der Waals surface area (Å²) in [4.78, 5) is 2.29. The fraction of sp³-hybridized carbons (Fsp3) is 0.556. The zero-order valence-electron chi connectivity index (χ0n) is 7.24. The number of likely N-dealkylation sites (tertiary alicyclic amines) is 1. The molecule has 1 atom stereocenters. The Balaban J connectivity index is 1.95. The molecular formula is C9H12BrNOS. The molecule has 2 heterocycles. The summed E-state index contributed by atoms with van der Waals surface area (Å²) in [7, 11) is 0. The number of nitrogens with zero attached hydrogens (tertiary/aromatic N) is 1. The Morgan fingerprint density at radius 1 is 1.62 bits per heavy atom. The highest BCUT2D eigenvalue weighted by molar-refractivity contribution is 9.10. The number of halogens is 1. The van der Waals surface area contributed by atoms with Gasteiger partial charge in [-0.1, -0.05) is 0 Å². The van der Waals surface area contributed by atoms with Crippen LogP contribution in [0.2, 0.25) is 0 Å². The number of rotatable bonds is 2. The summed E-state index contributed by atoms with van der Waals surface area (Å²) in [6.07, 6.45) is 0.805. The van der Waals surface area contributed by atoms with Crippen LogP contribution >= 0.6 is 27.3 Å². The van der Waals surface area contributed by atoms with Crippen LogP contribution in [0.3, 0.4) is 0 Å². The molecule has 1 aromatic rings. The third-order valence-corrected chi connectivity index (χ3v) is 4.16. The molecule has 1 N–H and O–H groups in total. The Bertz CT molecular complexity index is 289. The zero-order chi connectivity index (χ0) is 9.26. The molecule has 1 fully saturated rings. The van der Waals surface area contributed by atoms with E-state index in [4.69, 9.17) is 0 Å². The summed E-state index contributed by atoms with van der Waals surface area (Å²) in [5, 5.41) is 13.6. The topological polar surface area (TPSA) is 23.5 Å². The van der Waals surface area contributed by atoms with Crippen molar-refractivity contribution in [2.45, 2.75) is 19.1 Å². The Hall–Kier alpha value is 0.100. The lowest BCUT2D eigenvalue weighted by molar-refractivity contribution is 0.175. The smallest absolute Gasteiger partial charge is 0.0679 e. The van der Waals surface area contributed by atoms with Gasteiger partial charge in [0.25, 0.3) is 0 Å². The van der Waals surface area contributed by atoms with Gasteiger partial charge < -0.3 is 5.11 Å². The van der Waals surface area contributed by atoms with E-state index in [1.807, 2.05) is 0 Å². The highest BCUT2D eigenvalue weighted by atomic mass is 79.9. The molecule has 0 bridgehead atoms. The third kappa shape index (κ3) is 2.31. The van der Waals surface area contributed by atoms with Gasteiger partial charge in [-0.3, -0.25) is 4.90 Å². The fourth-order valence-corrected chi connectivity index (χ4v) is 3.04. The molecule has 0 amide bonds. The van der Waals surface area contributed by atoms with Crippen molar-refractivity contribution in [1.29, 1.82) is 0 Å². The average Bonchev–Trinajstić information content (AvgIpc) is 2.64. The standard InChI is InChI=1S/C9H12BrNOS/c10-9-6-13-5-7(9)3-11-2-1-8(12)4-11/h5-6,8,12H,1-4H2/t8-/m1/s1. The summed E-state index contributed by atoms with van der Waals surface area (Å²) in [5.74, 6) is 0. The molecule has 72 valence electrons. The average molecular weight is 262 g/mol. The number of hydrogen-bond donors (Lipinski definition) is 1. The molecule has 0 unspecified atom stereocenters. The molecular weight excluding hydrogens is 250 g/mol. The SMILES string of the molecule is O[C@@H]1CCN(Cc2cscc2Br)C1. The van der Waals surface area contributed by atoms with Crippen LogP contribution in [-0.2, 0) is 6.54 Å². The van der Waals surface area contributed by atoms with Gasteiger partial charge in [-0.2, -0.15) is 11.3 Å². The molecule has 4 heteroatoms. The van der Waals surface area contributed by atoms with Gasteiger partial charge >= 0.3 is 0 Å². The van der Waals surface area contributed by atoms with Gasteiger partial charge in [0, 0.05) is 29.5 Å². The van der Waals surface area contributed by atoms with Gasteiger partial charge in [0.1, 0.15) is 0 Å². The van der Waals surface area contributed by atoms with Crippen molar-refractivity contribution in [1.82, 2.24) is 4.90 Å². The first-order valence-electron chi connectivity index (χ1n) is 4.36. The summed E-state index contributed by atoms with van der Waals surface area (Å²) >= 11 is 5.22. The van der Waals surface area contributed by atoms with Crippen molar-refractivity contribution < 1.29 is 5.11 Å². The monoisotopic (exact) mass is 261 g/mol. The van der Waals surface area contributed by atoms with Gasteiger partial charge in [-0.05, 0) is 33.3 Å². The Kier molecular flexibility index (Phi) is 3.03. The van der Waals surface area contributed by atoms with Crippen molar-refractivity contribution in [3.05, 3.63) is 20.8 Å². The third-order valence-electron chi connectivity index (χ3n) is 2.33. The van der Waals surface area contributed by atoms with Crippen molar-refractivity contribution in [3.8, 4) is 0 Å². The van der Waals surface area contributed by atoms with Crippen molar-refractivity contribution in [3.63, 3.8) is 0 Å². The normalized spacial score (nSPS) is 24.0. The molecule has 0 spiro atoms. The van der Waals surface area contributed by atoms with E-state index in [2.05, 4.69) is 31.6 Å². The number of β-amino-alcohol motifs (C(OH)–C–C–N with tert-alkyl or cyclic N) is 1. The molecule has 1 aromatic heterocycles. The second-order valence-corrected chi connectivity index (χ2v) is 5.02.